The van der Waals surface area contributed by atoms with Gasteiger partial charge in [0.15, 0.2) is 5.82 Å². The standard InChI is InChI=1S/C22H15ClFN9O/c1-10(29-19-13(9-26)18(27)31-22(28)32-19)20-30-17-15(24)6-5-14(23)16(17)21(34)33(20)12-4-2-3-11(7-12)8-25/h2-7,10H,1H3,(H5,27,28,29,31,32). The molecule has 2 heterocycles. The Bertz CT molecular complexity index is 1600. The Labute approximate surface area is 196 Å². The number of fused-ring (bicyclic) bond motifs is 1. The highest BCUT2D eigenvalue weighted by Crippen LogP contribution is 2.28. The predicted octanol–water partition coefficient (Wildman–Crippen LogP) is 3.05. The van der Waals surface area contributed by atoms with Gasteiger partial charge in [0.05, 0.1) is 33.8 Å². The molecule has 2 aromatic heterocycles. The van der Waals surface area contributed by atoms with Crippen molar-refractivity contribution in [2.24, 2.45) is 0 Å². The molecular weight excluding hydrogens is 461 g/mol. The van der Waals surface area contributed by atoms with E-state index in [1.54, 1.807) is 25.1 Å². The molecule has 0 saturated carbocycles. The zero-order valence-corrected chi connectivity index (χ0v) is 18.3. The van der Waals surface area contributed by atoms with E-state index < -0.39 is 17.4 Å². The zero-order chi connectivity index (χ0) is 24.6. The lowest BCUT2D eigenvalue weighted by atomic mass is 10.1. The van der Waals surface area contributed by atoms with Crippen LogP contribution in [0.5, 0.6) is 0 Å². The first-order valence-electron chi connectivity index (χ1n) is 9.76. The Balaban J connectivity index is 2.00. The van der Waals surface area contributed by atoms with Gasteiger partial charge in [-0.3, -0.25) is 9.36 Å². The minimum Gasteiger partial charge on any atom is -0.382 e. The van der Waals surface area contributed by atoms with Gasteiger partial charge in [-0.1, -0.05) is 17.7 Å². The van der Waals surface area contributed by atoms with Crippen molar-refractivity contribution < 1.29 is 4.39 Å². The normalized spacial score (nSPS) is 11.6. The fourth-order valence-electron chi connectivity index (χ4n) is 3.47. The Morgan fingerprint density at radius 1 is 1.15 bits per heavy atom. The fraction of sp³-hybridized carbons (Fsp3) is 0.0909. The van der Waals surface area contributed by atoms with Crippen molar-refractivity contribution in [2.75, 3.05) is 16.8 Å². The molecule has 10 nitrogen and oxygen atoms in total. The number of rotatable bonds is 4. The van der Waals surface area contributed by atoms with E-state index in [2.05, 4.69) is 20.3 Å². The molecule has 2 aromatic carbocycles. The minimum absolute atomic E-state index is 0.0123. The predicted molar refractivity (Wildman–Crippen MR) is 125 cm³/mol. The van der Waals surface area contributed by atoms with Crippen molar-refractivity contribution in [1.29, 1.82) is 10.5 Å². The molecule has 34 heavy (non-hydrogen) atoms. The lowest BCUT2D eigenvalue weighted by molar-refractivity contribution is 0.632. The molecule has 4 rings (SSSR count). The van der Waals surface area contributed by atoms with E-state index in [1.165, 1.54) is 16.7 Å². The summed E-state index contributed by atoms with van der Waals surface area (Å²) < 4.78 is 15.9. The molecule has 0 aliphatic carbocycles. The van der Waals surface area contributed by atoms with Crippen LogP contribution >= 0.6 is 11.6 Å². The molecule has 5 N–H and O–H groups in total. The maximum atomic E-state index is 14.7. The van der Waals surface area contributed by atoms with Crippen molar-refractivity contribution in [2.45, 2.75) is 13.0 Å². The maximum Gasteiger partial charge on any atom is 0.267 e. The Morgan fingerprint density at radius 3 is 2.62 bits per heavy atom. The van der Waals surface area contributed by atoms with Gasteiger partial charge < -0.3 is 16.8 Å². The molecule has 0 amide bonds. The minimum atomic E-state index is -0.818. The second-order valence-corrected chi connectivity index (χ2v) is 7.60. The summed E-state index contributed by atoms with van der Waals surface area (Å²) >= 11 is 6.22. The van der Waals surface area contributed by atoms with E-state index in [0.717, 1.165) is 6.07 Å². The van der Waals surface area contributed by atoms with E-state index in [9.17, 15) is 19.7 Å². The van der Waals surface area contributed by atoms with Crippen LogP contribution < -0.4 is 22.3 Å². The number of nitrogen functional groups attached to an aromatic ring is 2. The highest BCUT2D eigenvalue weighted by Gasteiger charge is 2.23. The third kappa shape index (κ3) is 3.81. The summed E-state index contributed by atoms with van der Waals surface area (Å²) in [5.74, 6) is -0.967. The quantitative estimate of drug-likeness (QED) is 0.400. The largest absolute Gasteiger partial charge is 0.382 e. The average molecular weight is 476 g/mol. The van der Waals surface area contributed by atoms with Crippen LogP contribution in [-0.4, -0.2) is 19.5 Å². The topological polar surface area (TPSA) is 172 Å². The number of nitrogens with two attached hydrogens (primary N) is 2. The van der Waals surface area contributed by atoms with Gasteiger partial charge in [0.2, 0.25) is 5.95 Å². The summed E-state index contributed by atoms with van der Waals surface area (Å²) in [5, 5.41) is 21.6. The van der Waals surface area contributed by atoms with Crippen LogP contribution in [0.1, 0.15) is 29.9 Å². The molecule has 4 aromatic rings. The van der Waals surface area contributed by atoms with Crippen molar-refractivity contribution in [1.82, 2.24) is 19.5 Å². The number of aromatic nitrogens is 4. The van der Waals surface area contributed by atoms with E-state index >= 15 is 0 Å². The molecule has 0 aliphatic rings. The summed E-state index contributed by atoms with van der Waals surface area (Å²) in [6, 6.07) is 11.7. The lowest BCUT2D eigenvalue weighted by Gasteiger charge is -2.21. The highest BCUT2D eigenvalue weighted by molar-refractivity contribution is 6.35. The van der Waals surface area contributed by atoms with Gasteiger partial charge in [-0.15, -0.1) is 0 Å². The van der Waals surface area contributed by atoms with Gasteiger partial charge in [0, 0.05) is 0 Å². The second-order valence-electron chi connectivity index (χ2n) is 7.19. The number of benzene rings is 2. The summed E-state index contributed by atoms with van der Waals surface area (Å²) in [4.78, 5) is 25.7. The van der Waals surface area contributed by atoms with Crippen LogP contribution in [0.25, 0.3) is 16.6 Å². The number of hydrogen-bond donors (Lipinski definition) is 3. The Morgan fingerprint density at radius 2 is 1.91 bits per heavy atom. The summed E-state index contributed by atoms with van der Waals surface area (Å²) in [6.07, 6.45) is 0. The SMILES string of the molecule is CC(Nc1nc(N)nc(N)c1C#N)c1nc2c(F)ccc(Cl)c2c(=O)n1-c1cccc(C#N)c1. The smallest absolute Gasteiger partial charge is 0.267 e. The van der Waals surface area contributed by atoms with Gasteiger partial charge in [-0.2, -0.15) is 20.5 Å². The van der Waals surface area contributed by atoms with Gasteiger partial charge in [0.25, 0.3) is 5.56 Å². The first-order valence-corrected chi connectivity index (χ1v) is 10.1. The molecule has 0 radical (unpaired) electrons. The highest BCUT2D eigenvalue weighted by atomic mass is 35.5. The Kier molecular flexibility index (Phi) is 5.72. The molecule has 12 heteroatoms. The van der Waals surface area contributed by atoms with Gasteiger partial charge >= 0.3 is 0 Å². The molecule has 0 fully saturated rings. The van der Waals surface area contributed by atoms with Crippen LogP contribution in [0.4, 0.5) is 22.0 Å². The summed E-state index contributed by atoms with van der Waals surface area (Å²) in [6.45, 7) is 1.62. The first kappa shape index (κ1) is 22.5. The number of hydrogen-bond acceptors (Lipinski definition) is 9. The van der Waals surface area contributed by atoms with Gasteiger partial charge in [-0.25, -0.2) is 9.37 Å². The maximum absolute atomic E-state index is 14.7. The van der Waals surface area contributed by atoms with E-state index in [4.69, 9.17) is 23.1 Å². The van der Waals surface area contributed by atoms with Crippen LogP contribution in [0.15, 0.2) is 41.2 Å². The van der Waals surface area contributed by atoms with Crippen LogP contribution in [-0.2, 0) is 0 Å². The first-order chi connectivity index (χ1) is 16.2. The molecule has 1 atom stereocenters. The monoisotopic (exact) mass is 475 g/mol. The molecule has 0 saturated heterocycles. The Hall–Kier alpha value is -4.74. The van der Waals surface area contributed by atoms with Gasteiger partial charge in [0.1, 0.15) is 34.6 Å². The number of halogens is 2. The molecule has 0 spiro atoms. The molecule has 1 unspecified atom stereocenters. The van der Waals surface area contributed by atoms with Crippen LogP contribution in [0.3, 0.4) is 0 Å². The van der Waals surface area contributed by atoms with Crippen molar-refractivity contribution in [3.05, 3.63) is 74.5 Å². The van der Waals surface area contributed by atoms with E-state index in [-0.39, 0.29) is 44.9 Å². The third-order valence-electron chi connectivity index (χ3n) is 4.99. The average Bonchev–Trinajstić information content (AvgIpc) is 2.80. The second kappa shape index (κ2) is 8.65. The number of nitrogens with one attached hydrogen (secondary N) is 1. The lowest BCUT2D eigenvalue weighted by Crippen LogP contribution is -2.28. The number of nitriles is 2. The number of nitrogens with zero attached hydrogens (tertiary/aromatic N) is 6. The molecule has 0 bridgehead atoms. The summed E-state index contributed by atoms with van der Waals surface area (Å²) in [7, 11) is 0. The third-order valence-corrected chi connectivity index (χ3v) is 5.31. The fourth-order valence-corrected chi connectivity index (χ4v) is 3.70. The summed E-state index contributed by atoms with van der Waals surface area (Å²) in [5.41, 5.74) is 11.1. The van der Waals surface area contributed by atoms with Crippen LogP contribution in [0, 0.1) is 28.5 Å². The van der Waals surface area contributed by atoms with Crippen molar-refractivity contribution >= 4 is 40.1 Å². The molecule has 0 aliphatic heterocycles. The number of anilines is 3. The van der Waals surface area contributed by atoms with Crippen molar-refractivity contribution in [3.63, 3.8) is 0 Å². The van der Waals surface area contributed by atoms with E-state index in [1.807, 2.05) is 12.1 Å². The van der Waals surface area contributed by atoms with Gasteiger partial charge in [-0.05, 0) is 37.3 Å². The molecule has 168 valence electrons. The zero-order valence-electron chi connectivity index (χ0n) is 17.5. The molecular formula is C22H15ClFN9O. The van der Waals surface area contributed by atoms with Crippen LogP contribution in [0.2, 0.25) is 5.02 Å². The van der Waals surface area contributed by atoms with E-state index in [0.29, 0.717) is 11.3 Å². The van der Waals surface area contributed by atoms with Crippen molar-refractivity contribution in [3.8, 4) is 17.8 Å².